The number of hydrogen-bond donors (Lipinski definition) is 0. The van der Waals surface area contributed by atoms with Crippen LogP contribution in [0.3, 0.4) is 0 Å². The molecule has 0 saturated carbocycles. The summed E-state index contributed by atoms with van der Waals surface area (Å²) in [6.45, 7) is 2.25. The van der Waals surface area contributed by atoms with E-state index in [4.69, 9.17) is 16.3 Å². The molecule has 8 nitrogen and oxygen atoms in total. The summed E-state index contributed by atoms with van der Waals surface area (Å²) in [7, 11) is -2.14. The van der Waals surface area contributed by atoms with Crippen molar-refractivity contribution in [3.05, 3.63) is 53.1 Å². The summed E-state index contributed by atoms with van der Waals surface area (Å²) in [5.74, 6) is -0.259. The lowest BCUT2D eigenvalue weighted by atomic mass is 10.1. The summed E-state index contributed by atoms with van der Waals surface area (Å²) in [6.07, 6.45) is -0.0955. The average Bonchev–Trinajstić information content (AvgIpc) is 3.06. The van der Waals surface area contributed by atoms with Crippen molar-refractivity contribution in [2.24, 2.45) is 0 Å². The predicted molar refractivity (Wildman–Crippen MR) is 118 cm³/mol. The molecule has 2 aliphatic rings. The number of sulfonamides is 1. The van der Waals surface area contributed by atoms with Crippen LogP contribution in [-0.2, 0) is 14.8 Å². The van der Waals surface area contributed by atoms with E-state index in [1.54, 1.807) is 18.1 Å². The number of anilines is 2. The lowest BCUT2D eigenvalue weighted by molar-refractivity contribution is -0.116. The molecule has 2 aliphatic heterocycles. The number of para-hydroxylation sites is 2. The van der Waals surface area contributed by atoms with Crippen LogP contribution in [0.15, 0.2) is 42.5 Å². The summed E-state index contributed by atoms with van der Waals surface area (Å²) in [6, 6.07) is 12.1. The Bertz CT molecular complexity index is 1130. The van der Waals surface area contributed by atoms with Gasteiger partial charge in [-0.3, -0.25) is 9.59 Å². The van der Waals surface area contributed by atoms with Gasteiger partial charge < -0.3 is 14.5 Å². The fourth-order valence-electron chi connectivity index (χ4n) is 3.87. The van der Waals surface area contributed by atoms with Crippen LogP contribution >= 0.6 is 11.6 Å². The van der Waals surface area contributed by atoms with Crippen LogP contribution in [0.1, 0.15) is 16.8 Å². The second-order valence-corrected chi connectivity index (χ2v) is 9.69. The Morgan fingerprint density at radius 1 is 1.03 bits per heavy atom. The van der Waals surface area contributed by atoms with E-state index in [-0.39, 0.29) is 28.8 Å². The molecule has 0 bridgehead atoms. The molecule has 0 atom stereocenters. The number of piperazine rings is 1. The Morgan fingerprint density at radius 2 is 1.74 bits per heavy atom. The van der Waals surface area contributed by atoms with E-state index in [0.717, 1.165) is 11.4 Å². The van der Waals surface area contributed by atoms with E-state index in [1.807, 2.05) is 24.3 Å². The minimum Gasteiger partial charge on any atom is -0.495 e. The van der Waals surface area contributed by atoms with Crippen LogP contribution in [0.2, 0.25) is 5.02 Å². The summed E-state index contributed by atoms with van der Waals surface area (Å²) >= 11 is 6.17. The third-order valence-corrected chi connectivity index (χ3v) is 7.48. The largest absolute Gasteiger partial charge is 0.495 e. The van der Waals surface area contributed by atoms with Crippen LogP contribution in [0.5, 0.6) is 5.75 Å². The van der Waals surface area contributed by atoms with Gasteiger partial charge in [-0.2, -0.15) is 0 Å². The van der Waals surface area contributed by atoms with Crippen LogP contribution in [-0.4, -0.2) is 64.2 Å². The highest BCUT2D eigenvalue weighted by Crippen LogP contribution is 2.33. The predicted octanol–water partition coefficient (Wildman–Crippen LogP) is 2.38. The van der Waals surface area contributed by atoms with Gasteiger partial charge in [0.2, 0.25) is 15.9 Å². The zero-order valence-corrected chi connectivity index (χ0v) is 18.5. The molecule has 0 spiro atoms. The van der Waals surface area contributed by atoms with Crippen molar-refractivity contribution in [1.29, 1.82) is 0 Å². The maximum atomic E-state index is 13.1. The van der Waals surface area contributed by atoms with Crippen LogP contribution < -0.4 is 13.9 Å². The van der Waals surface area contributed by atoms with Crippen LogP contribution in [0.4, 0.5) is 11.4 Å². The second-order valence-electron chi connectivity index (χ2n) is 7.34. The highest BCUT2D eigenvalue weighted by Gasteiger charge is 2.38. The van der Waals surface area contributed by atoms with Crippen LogP contribution in [0, 0.1) is 0 Å². The number of hydrogen-bond acceptors (Lipinski definition) is 6. The van der Waals surface area contributed by atoms with Crippen LogP contribution in [0.25, 0.3) is 0 Å². The third-order valence-electron chi connectivity index (χ3n) is 5.48. The van der Waals surface area contributed by atoms with Gasteiger partial charge >= 0.3 is 0 Å². The maximum absolute atomic E-state index is 13.1. The van der Waals surface area contributed by atoms with Crippen molar-refractivity contribution in [2.75, 3.05) is 48.2 Å². The minimum absolute atomic E-state index is 0.0303. The first-order valence-electron chi connectivity index (χ1n) is 9.84. The number of amides is 2. The molecule has 164 valence electrons. The Hall–Kier alpha value is -2.78. The number of ether oxygens (including phenoxy) is 1. The van der Waals surface area contributed by atoms with Gasteiger partial charge in [0.05, 0.1) is 29.3 Å². The number of halogens is 1. The molecule has 0 unspecified atom stereocenters. The first-order chi connectivity index (χ1) is 14.8. The number of methoxy groups -OCH3 is 1. The van der Waals surface area contributed by atoms with E-state index in [0.29, 0.717) is 36.0 Å². The topological polar surface area (TPSA) is 87.2 Å². The van der Waals surface area contributed by atoms with Gasteiger partial charge in [-0.15, -0.1) is 0 Å². The Balaban J connectivity index is 1.52. The van der Waals surface area contributed by atoms with Crippen molar-refractivity contribution < 1.29 is 22.7 Å². The molecule has 2 fully saturated rings. The SMILES string of the molecule is COc1ccccc1N1CCN(C(=O)c2ccc(Cl)c(N3C(=O)CCS3(=O)=O)c2)CC1. The monoisotopic (exact) mass is 463 g/mol. The summed E-state index contributed by atoms with van der Waals surface area (Å²) < 4.78 is 30.7. The third kappa shape index (κ3) is 4.07. The minimum atomic E-state index is -3.77. The quantitative estimate of drug-likeness (QED) is 0.691. The molecular weight excluding hydrogens is 442 g/mol. The molecule has 2 heterocycles. The number of rotatable bonds is 4. The van der Waals surface area contributed by atoms with Crippen molar-refractivity contribution in [1.82, 2.24) is 4.90 Å². The maximum Gasteiger partial charge on any atom is 0.254 e. The zero-order chi connectivity index (χ0) is 22.2. The Kier molecular flexibility index (Phi) is 5.81. The molecule has 0 radical (unpaired) electrons. The van der Waals surface area contributed by atoms with E-state index in [9.17, 15) is 18.0 Å². The van der Waals surface area contributed by atoms with E-state index in [2.05, 4.69) is 4.90 Å². The van der Waals surface area contributed by atoms with Gasteiger partial charge in [-0.1, -0.05) is 23.7 Å². The second kappa shape index (κ2) is 8.39. The highest BCUT2D eigenvalue weighted by molar-refractivity contribution is 7.94. The lowest BCUT2D eigenvalue weighted by Gasteiger charge is -2.36. The lowest BCUT2D eigenvalue weighted by Crippen LogP contribution is -2.48. The first kappa shape index (κ1) is 21.5. The zero-order valence-electron chi connectivity index (χ0n) is 17.0. The molecule has 0 N–H and O–H groups in total. The molecule has 2 amide bonds. The first-order valence-corrected chi connectivity index (χ1v) is 11.8. The summed E-state index contributed by atoms with van der Waals surface area (Å²) in [4.78, 5) is 29.1. The molecule has 0 aliphatic carbocycles. The van der Waals surface area contributed by atoms with E-state index < -0.39 is 15.9 Å². The fraction of sp³-hybridized carbons (Fsp3) is 0.333. The molecule has 0 aromatic heterocycles. The highest BCUT2D eigenvalue weighted by atomic mass is 35.5. The van der Waals surface area contributed by atoms with Gasteiger partial charge in [-0.25, -0.2) is 12.7 Å². The number of benzene rings is 2. The normalized spacial score (nSPS) is 18.4. The molecular formula is C21H22ClN3O5S. The Morgan fingerprint density at radius 3 is 2.39 bits per heavy atom. The van der Waals surface area contributed by atoms with Gasteiger partial charge in [-0.05, 0) is 30.3 Å². The summed E-state index contributed by atoms with van der Waals surface area (Å²) in [5.41, 5.74) is 1.30. The Labute approximate surface area is 186 Å². The van der Waals surface area contributed by atoms with Gasteiger partial charge in [0.1, 0.15) is 5.75 Å². The average molecular weight is 464 g/mol. The van der Waals surface area contributed by atoms with Crippen molar-refractivity contribution in [3.63, 3.8) is 0 Å². The number of carbonyl (C=O) groups excluding carboxylic acids is 2. The van der Waals surface area contributed by atoms with E-state index in [1.165, 1.54) is 12.1 Å². The van der Waals surface area contributed by atoms with E-state index >= 15 is 0 Å². The number of carbonyl (C=O) groups is 2. The molecule has 2 aromatic rings. The summed E-state index contributed by atoms with van der Waals surface area (Å²) in [5, 5.41) is 0.108. The van der Waals surface area contributed by atoms with Crippen molar-refractivity contribution in [3.8, 4) is 5.75 Å². The number of nitrogens with zero attached hydrogens (tertiary/aromatic N) is 3. The molecule has 2 aromatic carbocycles. The van der Waals surface area contributed by atoms with Gasteiger partial charge in [0, 0.05) is 38.2 Å². The van der Waals surface area contributed by atoms with Crippen molar-refractivity contribution in [2.45, 2.75) is 6.42 Å². The van der Waals surface area contributed by atoms with Crippen molar-refractivity contribution >= 4 is 44.8 Å². The fourth-order valence-corrected chi connectivity index (χ4v) is 5.59. The molecule has 4 rings (SSSR count). The van der Waals surface area contributed by atoms with Gasteiger partial charge in [0.15, 0.2) is 0 Å². The molecule has 31 heavy (non-hydrogen) atoms. The standard InChI is InChI=1S/C21H22ClN3O5S/c1-30-19-5-3-2-4-17(19)23-9-11-24(12-10-23)21(27)15-6-7-16(22)18(14-15)25-20(26)8-13-31(25,28)29/h2-7,14H,8-13H2,1H3. The smallest absolute Gasteiger partial charge is 0.254 e. The molecule has 2 saturated heterocycles. The molecule has 10 heteroatoms. The van der Waals surface area contributed by atoms with Gasteiger partial charge in [0.25, 0.3) is 5.91 Å².